The maximum atomic E-state index is 12.3. The molecule has 1 aromatic rings. The maximum Gasteiger partial charge on any atom is 0.199 e. The van der Waals surface area contributed by atoms with Gasteiger partial charge in [-0.05, 0) is 24.6 Å². The molecule has 0 saturated heterocycles. The Balaban J connectivity index is 2.16. The van der Waals surface area contributed by atoms with Crippen molar-refractivity contribution in [3.63, 3.8) is 0 Å². The number of ether oxygens (including phenoxy) is 1. The van der Waals surface area contributed by atoms with Crippen molar-refractivity contribution in [3.8, 4) is 5.75 Å². The van der Waals surface area contributed by atoms with Gasteiger partial charge in [0.25, 0.3) is 0 Å². The largest absolute Gasteiger partial charge is 0.497 e. The second kappa shape index (κ2) is 5.61. The minimum Gasteiger partial charge on any atom is -0.497 e. The third kappa shape index (κ3) is 3.24. The maximum absolute atomic E-state index is 12.3. The van der Waals surface area contributed by atoms with Gasteiger partial charge in [-0.1, -0.05) is 17.3 Å². The molecular weight excluding hydrogens is 302 g/mol. The van der Waals surface area contributed by atoms with E-state index in [1.807, 2.05) is 0 Å². The van der Waals surface area contributed by atoms with Crippen LogP contribution in [0.25, 0.3) is 0 Å². The SMILES string of the molecule is COc1cccc(CS(=O)(=O)C2=NOC(C)(CCl)C2)c1. The number of methoxy groups -OCH3 is 1. The average Bonchev–Trinajstić information content (AvgIpc) is 2.83. The highest BCUT2D eigenvalue weighted by Gasteiger charge is 2.39. The Bertz CT molecular complexity index is 629. The van der Waals surface area contributed by atoms with Crippen molar-refractivity contribution in [2.45, 2.75) is 24.7 Å². The van der Waals surface area contributed by atoms with Crippen molar-refractivity contribution >= 4 is 26.5 Å². The van der Waals surface area contributed by atoms with Crippen molar-refractivity contribution in [3.05, 3.63) is 29.8 Å². The molecule has 0 aromatic heterocycles. The monoisotopic (exact) mass is 317 g/mol. The summed E-state index contributed by atoms with van der Waals surface area (Å²) in [6.07, 6.45) is 0.197. The molecule has 1 heterocycles. The van der Waals surface area contributed by atoms with Crippen LogP contribution in [-0.2, 0) is 20.4 Å². The predicted molar refractivity (Wildman–Crippen MR) is 77.9 cm³/mol. The molecule has 1 aromatic carbocycles. The lowest BCUT2D eigenvalue weighted by Crippen LogP contribution is -2.28. The first kappa shape index (κ1) is 15.1. The number of benzene rings is 1. The van der Waals surface area contributed by atoms with E-state index < -0.39 is 15.4 Å². The number of alkyl halides is 1. The van der Waals surface area contributed by atoms with Crippen molar-refractivity contribution in [1.29, 1.82) is 0 Å². The molecule has 110 valence electrons. The molecule has 0 bridgehead atoms. The van der Waals surface area contributed by atoms with Gasteiger partial charge in [0.2, 0.25) is 0 Å². The van der Waals surface area contributed by atoms with Gasteiger partial charge < -0.3 is 9.57 Å². The Morgan fingerprint density at radius 2 is 2.25 bits per heavy atom. The Hall–Kier alpha value is -1.27. The van der Waals surface area contributed by atoms with E-state index in [0.29, 0.717) is 11.3 Å². The van der Waals surface area contributed by atoms with Crippen molar-refractivity contribution in [2.75, 3.05) is 13.0 Å². The molecule has 0 N–H and O–H groups in total. The summed E-state index contributed by atoms with van der Waals surface area (Å²) in [7, 11) is -1.97. The van der Waals surface area contributed by atoms with E-state index in [1.165, 1.54) is 7.11 Å². The van der Waals surface area contributed by atoms with E-state index in [4.69, 9.17) is 21.2 Å². The minimum atomic E-state index is -3.51. The van der Waals surface area contributed by atoms with Crippen LogP contribution in [0.4, 0.5) is 0 Å². The summed E-state index contributed by atoms with van der Waals surface area (Å²) in [5.74, 6) is 0.673. The highest BCUT2D eigenvalue weighted by molar-refractivity contribution is 8.05. The number of sulfone groups is 1. The van der Waals surface area contributed by atoms with Crippen molar-refractivity contribution < 1.29 is 18.0 Å². The molecule has 7 heteroatoms. The lowest BCUT2D eigenvalue weighted by atomic mass is 10.1. The zero-order valence-electron chi connectivity index (χ0n) is 11.3. The van der Waals surface area contributed by atoms with Crippen LogP contribution < -0.4 is 4.74 Å². The van der Waals surface area contributed by atoms with Crippen LogP contribution in [0.15, 0.2) is 29.4 Å². The number of oxime groups is 1. The fourth-order valence-electron chi connectivity index (χ4n) is 1.85. The van der Waals surface area contributed by atoms with E-state index in [-0.39, 0.29) is 23.1 Å². The zero-order valence-corrected chi connectivity index (χ0v) is 12.9. The van der Waals surface area contributed by atoms with E-state index in [1.54, 1.807) is 31.2 Å². The molecule has 0 spiro atoms. The summed E-state index contributed by atoms with van der Waals surface area (Å²) in [6, 6.07) is 6.93. The predicted octanol–water partition coefficient (Wildman–Crippen LogP) is 2.34. The van der Waals surface area contributed by atoms with Crippen molar-refractivity contribution in [2.24, 2.45) is 5.16 Å². The summed E-state index contributed by atoms with van der Waals surface area (Å²) in [6.45, 7) is 1.73. The molecule has 0 aliphatic carbocycles. The van der Waals surface area contributed by atoms with Crippen LogP contribution in [0.5, 0.6) is 5.75 Å². The molecule has 0 radical (unpaired) electrons. The molecule has 1 unspecified atom stereocenters. The van der Waals surface area contributed by atoms with Gasteiger partial charge in [0.15, 0.2) is 20.5 Å². The van der Waals surface area contributed by atoms with Crippen LogP contribution in [-0.4, -0.2) is 32.1 Å². The number of nitrogens with zero attached hydrogens (tertiary/aromatic N) is 1. The van der Waals surface area contributed by atoms with Crippen LogP contribution in [0.1, 0.15) is 18.9 Å². The summed E-state index contributed by atoms with van der Waals surface area (Å²) in [5.41, 5.74) is -0.0928. The summed E-state index contributed by atoms with van der Waals surface area (Å²) < 4.78 is 29.7. The number of hydrogen-bond donors (Lipinski definition) is 0. The van der Waals surface area contributed by atoms with Crippen LogP contribution >= 0.6 is 11.6 Å². The average molecular weight is 318 g/mol. The lowest BCUT2D eigenvalue weighted by Gasteiger charge is -2.16. The molecule has 1 atom stereocenters. The minimum absolute atomic E-state index is 0.0449. The van der Waals surface area contributed by atoms with Gasteiger partial charge in [-0.15, -0.1) is 11.6 Å². The Morgan fingerprint density at radius 1 is 1.50 bits per heavy atom. The Morgan fingerprint density at radius 3 is 2.85 bits per heavy atom. The molecule has 0 fully saturated rings. The first-order chi connectivity index (χ1) is 9.38. The van der Waals surface area contributed by atoms with E-state index in [2.05, 4.69) is 5.16 Å². The number of halogens is 1. The lowest BCUT2D eigenvalue weighted by molar-refractivity contribution is 0.0152. The van der Waals surface area contributed by atoms with Gasteiger partial charge in [0.05, 0.1) is 18.7 Å². The Kier molecular flexibility index (Phi) is 4.25. The van der Waals surface area contributed by atoms with Crippen LogP contribution in [0.3, 0.4) is 0 Å². The normalized spacial score (nSPS) is 22.2. The molecule has 1 aliphatic heterocycles. The second-order valence-corrected chi connectivity index (χ2v) is 7.20. The molecule has 0 saturated carbocycles. The third-order valence-corrected chi connectivity index (χ3v) is 5.24. The number of hydrogen-bond acceptors (Lipinski definition) is 5. The van der Waals surface area contributed by atoms with Gasteiger partial charge in [-0.3, -0.25) is 0 Å². The Labute approximate surface area is 123 Å². The standard InChI is InChI=1S/C13H16ClNO4S/c1-13(9-14)7-12(15-19-13)20(16,17)8-10-4-3-5-11(6-10)18-2/h3-6H,7-9H2,1-2H3. The van der Waals surface area contributed by atoms with E-state index >= 15 is 0 Å². The van der Waals surface area contributed by atoms with Gasteiger partial charge in [-0.25, -0.2) is 8.42 Å². The molecule has 1 aliphatic rings. The smallest absolute Gasteiger partial charge is 0.199 e. The molecular formula is C13H16ClNO4S. The van der Waals surface area contributed by atoms with E-state index in [9.17, 15) is 8.42 Å². The van der Waals surface area contributed by atoms with Crippen LogP contribution in [0.2, 0.25) is 0 Å². The summed E-state index contributed by atoms with van der Waals surface area (Å²) in [4.78, 5) is 5.12. The zero-order chi connectivity index (χ0) is 14.8. The third-order valence-electron chi connectivity index (χ3n) is 3.03. The van der Waals surface area contributed by atoms with Gasteiger partial charge >= 0.3 is 0 Å². The second-order valence-electron chi connectivity index (χ2n) is 4.95. The summed E-state index contributed by atoms with van der Waals surface area (Å²) >= 11 is 5.75. The van der Waals surface area contributed by atoms with E-state index in [0.717, 1.165) is 0 Å². The fourth-order valence-corrected chi connectivity index (χ4v) is 3.45. The quantitative estimate of drug-likeness (QED) is 0.800. The topological polar surface area (TPSA) is 65.0 Å². The fraction of sp³-hybridized carbons (Fsp3) is 0.462. The van der Waals surface area contributed by atoms with Gasteiger partial charge in [0.1, 0.15) is 5.75 Å². The highest BCUT2D eigenvalue weighted by atomic mass is 35.5. The highest BCUT2D eigenvalue weighted by Crippen LogP contribution is 2.28. The van der Waals surface area contributed by atoms with Crippen LogP contribution in [0, 0.1) is 0 Å². The molecule has 20 heavy (non-hydrogen) atoms. The van der Waals surface area contributed by atoms with Gasteiger partial charge in [-0.2, -0.15) is 0 Å². The van der Waals surface area contributed by atoms with Crippen molar-refractivity contribution in [1.82, 2.24) is 0 Å². The summed E-state index contributed by atoms with van der Waals surface area (Å²) in [5, 5.41) is 3.73. The molecule has 5 nitrogen and oxygen atoms in total. The molecule has 0 amide bonds. The number of rotatable bonds is 4. The first-order valence-corrected chi connectivity index (χ1v) is 8.24. The first-order valence-electron chi connectivity index (χ1n) is 6.05. The molecule has 2 rings (SSSR count). The van der Waals surface area contributed by atoms with Gasteiger partial charge in [0, 0.05) is 6.42 Å².